The molecule has 0 aliphatic rings. The van der Waals surface area contributed by atoms with Crippen molar-refractivity contribution in [3.8, 4) is 5.75 Å². The first-order valence-electron chi connectivity index (χ1n) is 7.11. The molecule has 0 atom stereocenters. The van der Waals surface area contributed by atoms with Gasteiger partial charge in [0, 0.05) is 0 Å². The van der Waals surface area contributed by atoms with Gasteiger partial charge in [0.2, 0.25) is 5.91 Å². The molecular formula is C17H16N2O4. The molecule has 1 aromatic heterocycles. The fourth-order valence-electron chi connectivity index (χ4n) is 2.41. The largest absolute Gasteiger partial charge is 0.495 e. The van der Waals surface area contributed by atoms with E-state index in [2.05, 4.69) is 10.3 Å². The van der Waals surface area contributed by atoms with E-state index >= 15 is 0 Å². The van der Waals surface area contributed by atoms with E-state index in [-0.39, 0.29) is 12.3 Å². The number of H-pyrrole nitrogens is 1. The molecule has 1 amide bonds. The number of aromatic nitrogens is 1. The minimum atomic E-state index is -0.508. The van der Waals surface area contributed by atoms with Crippen LogP contribution < -0.4 is 15.8 Å². The van der Waals surface area contributed by atoms with Gasteiger partial charge >= 0.3 is 5.76 Å². The van der Waals surface area contributed by atoms with E-state index in [1.807, 2.05) is 25.1 Å². The molecule has 2 N–H and O–H groups in total. The Morgan fingerprint density at radius 2 is 2.09 bits per heavy atom. The normalized spacial score (nSPS) is 10.7. The molecule has 2 aromatic carbocycles. The highest BCUT2D eigenvalue weighted by molar-refractivity contribution is 5.94. The molecule has 6 nitrogen and oxygen atoms in total. The Morgan fingerprint density at radius 1 is 1.26 bits per heavy atom. The van der Waals surface area contributed by atoms with E-state index in [0.717, 1.165) is 11.1 Å². The third-order valence-electron chi connectivity index (χ3n) is 3.48. The number of benzene rings is 2. The molecule has 3 aromatic rings. The summed E-state index contributed by atoms with van der Waals surface area (Å²) >= 11 is 0. The van der Waals surface area contributed by atoms with Crippen LogP contribution in [0.5, 0.6) is 5.75 Å². The van der Waals surface area contributed by atoms with Gasteiger partial charge in [-0.3, -0.25) is 9.78 Å². The molecule has 0 unspecified atom stereocenters. The summed E-state index contributed by atoms with van der Waals surface area (Å²) in [7, 11) is 1.56. The molecule has 6 heteroatoms. The lowest BCUT2D eigenvalue weighted by atomic mass is 10.1. The van der Waals surface area contributed by atoms with Gasteiger partial charge < -0.3 is 14.5 Å². The average Bonchev–Trinajstić information content (AvgIpc) is 2.86. The molecule has 0 saturated carbocycles. The Kier molecular flexibility index (Phi) is 3.89. The standard InChI is InChI=1S/C17H16N2O4/c1-10-3-5-14(22-2)12(7-10)18-16(20)9-11-4-6-15-13(8-11)19-17(21)23-15/h3-8H,9H2,1-2H3,(H,18,20)(H,19,21). The van der Waals surface area contributed by atoms with Crippen molar-refractivity contribution in [2.24, 2.45) is 0 Å². The lowest BCUT2D eigenvalue weighted by Gasteiger charge is -2.11. The molecule has 118 valence electrons. The Morgan fingerprint density at radius 3 is 2.87 bits per heavy atom. The Balaban J connectivity index is 1.78. The summed E-state index contributed by atoms with van der Waals surface area (Å²) in [5.41, 5.74) is 3.49. The van der Waals surface area contributed by atoms with Gasteiger partial charge in [-0.15, -0.1) is 0 Å². The molecule has 0 aliphatic heterocycles. The maximum absolute atomic E-state index is 12.2. The van der Waals surface area contributed by atoms with Crippen LogP contribution in [0, 0.1) is 6.92 Å². The summed E-state index contributed by atoms with van der Waals surface area (Å²) in [6.45, 7) is 1.94. The fourth-order valence-corrected chi connectivity index (χ4v) is 2.41. The van der Waals surface area contributed by atoms with Gasteiger partial charge in [-0.2, -0.15) is 0 Å². The van der Waals surface area contributed by atoms with Gasteiger partial charge in [0.1, 0.15) is 5.75 Å². The first kappa shape index (κ1) is 14.9. The number of aryl methyl sites for hydroxylation is 1. The lowest BCUT2D eigenvalue weighted by molar-refractivity contribution is -0.115. The zero-order valence-corrected chi connectivity index (χ0v) is 12.8. The number of carbonyl (C=O) groups excluding carboxylic acids is 1. The average molecular weight is 312 g/mol. The summed E-state index contributed by atoms with van der Waals surface area (Å²) in [6.07, 6.45) is 0.181. The minimum Gasteiger partial charge on any atom is -0.495 e. The van der Waals surface area contributed by atoms with E-state index in [0.29, 0.717) is 22.5 Å². The Hall–Kier alpha value is -3.02. The number of ether oxygens (including phenoxy) is 1. The van der Waals surface area contributed by atoms with Crippen LogP contribution in [0.3, 0.4) is 0 Å². The number of hydrogen-bond donors (Lipinski definition) is 2. The van der Waals surface area contributed by atoms with Crippen LogP contribution in [0.2, 0.25) is 0 Å². The molecule has 0 bridgehead atoms. The van der Waals surface area contributed by atoms with Crippen molar-refractivity contribution in [2.75, 3.05) is 12.4 Å². The highest BCUT2D eigenvalue weighted by Gasteiger charge is 2.10. The van der Waals surface area contributed by atoms with Crippen LogP contribution in [-0.2, 0) is 11.2 Å². The number of aromatic amines is 1. The number of carbonyl (C=O) groups is 1. The van der Waals surface area contributed by atoms with Crippen LogP contribution >= 0.6 is 0 Å². The second-order valence-electron chi connectivity index (χ2n) is 5.27. The number of oxazole rings is 1. The molecule has 3 rings (SSSR count). The molecule has 0 spiro atoms. The number of amides is 1. The van der Waals surface area contributed by atoms with Gasteiger partial charge in [0.15, 0.2) is 5.58 Å². The van der Waals surface area contributed by atoms with Crippen LogP contribution in [0.4, 0.5) is 5.69 Å². The van der Waals surface area contributed by atoms with Gasteiger partial charge in [0.05, 0.1) is 24.7 Å². The van der Waals surface area contributed by atoms with E-state index in [1.165, 1.54) is 0 Å². The molecule has 23 heavy (non-hydrogen) atoms. The van der Waals surface area contributed by atoms with Crippen molar-refractivity contribution >= 4 is 22.7 Å². The number of hydrogen-bond acceptors (Lipinski definition) is 4. The van der Waals surface area contributed by atoms with Crippen LogP contribution in [0.25, 0.3) is 11.1 Å². The van der Waals surface area contributed by atoms with Crippen molar-refractivity contribution in [2.45, 2.75) is 13.3 Å². The van der Waals surface area contributed by atoms with Gasteiger partial charge in [0.25, 0.3) is 0 Å². The number of nitrogens with one attached hydrogen (secondary N) is 2. The predicted molar refractivity (Wildman–Crippen MR) is 86.9 cm³/mol. The number of fused-ring (bicyclic) bond motifs is 1. The minimum absolute atomic E-state index is 0.168. The second-order valence-corrected chi connectivity index (χ2v) is 5.27. The van der Waals surface area contributed by atoms with E-state index < -0.39 is 5.76 Å². The smallest absolute Gasteiger partial charge is 0.417 e. The summed E-state index contributed by atoms with van der Waals surface area (Å²) < 4.78 is 10.2. The highest BCUT2D eigenvalue weighted by Crippen LogP contribution is 2.25. The molecule has 0 saturated heterocycles. The van der Waals surface area contributed by atoms with E-state index in [1.54, 1.807) is 25.3 Å². The van der Waals surface area contributed by atoms with Crippen molar-refractivity contribution in [1.29, 1.82) is 0 Å². The molecule has 0 aliphatic carbocycles. The first-order chi connectivity index (χ1) is 11.0. The molecule has 0 radical (unpaired) electrons. The van der Waals surface area contributed by atoms with Crippen LogP contribution in [0.1, 0.15) is 11.1 Å². The molecular weight excluding hydrogens is 296 g/mol. The van der Waals surface area contributed by atoms with Crippen molar-refractivity contribution in [3.63, 3.8) is 0 Å². The van der Waals surface area contributed by atoms with Gasteiger partial charge in [-0.1, -0.05) is 12.1 Å². The predicted octanol–water partition coefficient (Wildman–Crippen LogP) is 2.62. The quantitative estimate of drug-likeness (QED) is 0.775. The SMILES string of the molecule is COc1ccc(C)cc1NC(=O)Cc1ccc2oc(=O)[nH]c2c1. The zero-order chi connectivity index (χ0) is 16.4. The van der Waals surface area contributed by atoms with Crippen LogP contribution in [-0.4, -0.2) is 18.0 Å². The Labute approximate surface area is 132 Å². The summed E-state index contributed by atoms with van der Waals surface area (Å²) in [6, 6.07) is 10.7. The van der Waals surface area contributed by atoms with Crippen molar-refractivity contribution < 1.29 is 13.9 Å². The Bertz CT molecular complexity index is 924. The highest BCUT2D eigenvalue weighted by atomic mass is 16.5. The lowest BCUT2D eigenvalue weighted by Crippen LogP contribution is -2.15. The number of methoxy groups -OCH3 is 1. The first-order valence-corrected chi connectivity index (χ1v) is 7.11. The van der Waals surface area contributed by atoms with Crippen LogP contribution in [0.15, 0.2) is 45.6 Å². The topological polar surface area (TPSA) is 84.3 Å². The second kappa shape index (κ2) is 6.00. The summed E-state index contributed by atoms with van der Waals surface area (Å²) in [5.74, 6) is -0.0660. The van der Waals surface area contributed by atoms with E-state index in [4.69, 9.17) is 9.15 Å². The molecule has 1 heterocycles. The number of anilines is 1. The fraction of sp³-hybridized carbons (Fsp3) is 0.176. The maximum Gasteiger partial charge on any atom is 0.417 e. The van der Waals surface area contributed by atoms with Crippen molar-refractivity contribution in [1.82, 2.24) is 4.98 Å². The van der Waals surface area contributed by atoms with Crippen molar-refractivity contribution in [3.05, 3.63) is 58.1 Å². The third kappa shape index (κ3) is 3.26. The summed E-state index contributed by atoms with van der Waals surface area (Å²) in [5, 5.41) is 2.84. The summed E-state index contributed by atoms with van der Waals surface area (Å²) in [4.78, 5) is 26.0. The van der Waals surface area contributed by atoms with E-state index in [9.17, 15) is 9.59 Å². The van der Waals surface area contributed by atoms with Gasteiger partial charge in [-0.05, 0) is 42.3 Å². The third-order valence-corrected chi connectivity index (χ3v) is 3.48. The zero-order valence-electron chi connectivity index (χ0n) is 12.8. The monoisotopic (exact) mass is 312 g/mol. The molecule has 0 fully saturated rings. The maximum atomic E-state index is 12.2. The van der Waals surface area contributed by atoms with Gasteiger partial charge in [-0.25, -0.2) is 4.79 Å². The number of rotatable bonds is 4.